The molecule has 2 aliphatic rings. The maximum atomic E-state index is 13.1. The first-order valence-electron chi connectivity index (χ1n) is 9.17. The minimum atomic E-state index is -4.38. The molecule has 1 saturated heterocycles. The number of halogens is 3. The van der Waals surface area contributed by atoms with Gasteiger partial charge in [-0.1, -0.05) is 37.5 Å². The van der Waals surface area contributed by atoms with Crippen LogP contribution in [0.25, 0.3) is 0 Å². The molecule has 1 aliphatic heterocycles. The SMILES string of the molecule is O=C(NCC1(c2cccc(C(F)(F)F)c2)CCCCC1)C1CC(O)CN1. The van der Waals surface area contributed by atoms with Crippen molar-refractivity contribution < 1.29 is 23.1 Å². The van der Waals surface area contributed by atoms with Gasteiger partial charge in [0.2, 0.25) is 5.91 Å². The van der Waals surface area contributed by atoms with Gasteiger partial charge >= 0.3 is 6.18 Å². The third-order valence-corrected chi connectivity index (χ3v) is 5.64. The van der Waals surface area contributed by atoms with Crippen LogP contribution in [0.1, 0.15) is 49.7 Å². The molecular weight excluding hydrogens is 345 g/mol. The number of alkyl halides is 3. The molecule has 2 fully saturated rings. The Morgan fingerprint density at radius 1 is 1.27 bits per heavy atom. The van der Waals surface area contributed by atoms with E-state index in [2.05, 4.69) is 10.6 Å². The van der Waals surface area contributed by atoms with Gasteiger partial charge in [-0.25, -0.2) is 0 Å². The zero-order chi connectivity index (χ0) is 18.8. The van der Waals surface area contributed by atoms with Gasteiger partial charge in [0.15, 0.2) is 0 Å². The van der Waals surface area contributed by atoms with Crippen LogP contribution in [0, 0.1) is 0 Å². The van der Waals surface area contributed by atoms with E-state index in [0.717, 1.165) is 38.2 Å². The van der Waals surface area contributed by atoms with Crippen LogP contribution in [0.3, 0.4) is 0 Å². The number of carbonyl (C=O) groups is 1. The lowest BCUT2D eigenvalue weighted by molar-refractivity contribution is -0.137. The van der Waals surface area contributed by atoms with Crippen molar-refractivity contribution in [3.8, 4) is 0 Å². The summed E-state index contributed by atoms with van der Waals surface area (Å²) in [6, 6.07) is 5.07. The molecule has 0 aromatic heterocycles. The summed E-state index contributed by atoms with van der Waals surface area (Å²) in [5.74, 6) is -0.196. The number of hydrogen-bond acceptors (Lipinski definition) is 3. The van der Waals surface area contributed by atoms with Gasteiger partial charge in [-0.3, -0.25) is 4.79 Å². The van der Waals surface area contributed by atoms with E-state index in [4.69, 9.17) is 0 Å². The average Bonchev–Trinajstić information content (AvgIpc) is 3.06. The lowest BCUT2D eigenvalue weighted by Crippen LogP contribution is -2.47. The molecule has 2 atom stereocenters. The molecule has 1 aromatic rings. The number of carbonyl (C=O) groups excluding carboxylic acids is 1. The quantitative estimate of drug-likeness (QED) is 0.764. The zero-order valence-corrected chi connectivity index (χ0v) is 14.6. The second-order valence-electron chi connectivity index (χ2n) is 7.49. The summed E-state index contributed by atoms with van der Waals surface area (Å²) in [5, 5.41) is 15.4. The second-order valence-corrected chi connectivity index (χ2v) is 7.49. The van der Waals surface area contributed by atoms with Gasteiger partial charge in [0.25, 0.3) is 0 Å². The van der Waals surface area contributed by atoms with E-state index in [0.29, 0.717) is 25.1 Å². The number of aliphatic hydroxyl groups excluding tert-OH is 1. The van der Waals surface area contributed by atoms with Crippen LogP contribution in [0.4, 0.5) is 13.2 Å². The highest BCUT2D eigenvalue weighted by Gasteiger charge is 2.38. The van der Waals surface area contributed by atoms with Gasteiger partial charge in [-0.2, -0.15) is 13.2 Å². The predicted molar refractivity (Wildman–Crippen MR) is 91.6 cm³/mol. The Hall–Kier alpha value is -1.60. The van der Waals surface area contributed by atoms with E-state index >= 15 is 0 Å². The Balaban J connectivity index is 1.77. The number of rotatable bonds is 4. The topological polar surface area (TPSA) is 61.4 Å². The number of benzene rings is 1. The molecular formula is C19H25F3N2O2. The van der Waals surface area contributed by atoms with Gasteiger partial charge in [-0.15, -0.1) is 0 Å². The molecule has 1 aliphatic carbocycles. The lowest BCUT2D eigenvalue weighted by atomic mass is 9.69. The number of amides is 1. The largest absolute Gasteiger partial charge is 0.416 e. The molecule has 1 amide bonds. The van der Waals surface area contributed by atoms with Crippen molar-refractivity contribution in [2.24, 2.45) is 0 Å². The molecule has 3 N–H and O–H groups in total. The maximum absolute atomic E-state index is 13.1. The zero-order valence-electron chi connectivity index (χ0n) is 14.6. The van der Waals surface area contributed by atoms with Crippen molar-refractivity contribution in [2.75, 3.05) is 13.1 Å². The molecule has 1 heterocycles. The van der Waals surface area contributed by atoms with Gasteiger partial charge < -0.3 is 15.7 Å². The molecule has 1 saturated carbocycles. The maximum Gasteiger partial charge on any atom is 0.416 e. The van der Waals surface area contributed by atoms with Gasteiger partial charge in [0.05, 0.1) is 17.7 Å². The summed E-state index contributed by atoms with van der Waals surface area (Å²) < 4.78 is 39.3. The fourth-order valence-corrected chi connectivity index (χ4v) is 4.12. The van der Waals surface area contributed by atoms with Crippen molar-refractivity contribution >= 4 is 5.91 Å². The Kier molecular flexibility index (Phi) is 5.58. The van der Waals surface area contributed by atoms with Crippen molar-refractivity contribution in [3.63, 3.8) is 0 Å². The molecule has 144 valence electrons. The molecule has 1 aromatic carbocycles. The van der Waals surface area contributed by atoms with Crippen molar-refractivity contribution in [1.82, 2.24) is 10.6 Å². The van der Waals surface area contributed by atoms with Crippen LogP contribution in [-0.2, 0) is 16.4 Å². The van der Waals surface area contributed by atoms with Crippen LogP contribution in [0.5, 0.6) is 0 Å². The van der Waals surface area contributed by atoms with Crippen LogP contribution in [0.15, 0.2) is 24.3 Å². The minimum absolute atomic E-state index is 0.196. The second kappa shape index (κ2) is 7.56. The first-order chi connectivity index (χ1) is 12.3. The van der Waals surface area contributed by atoms with E-state index in [9.17, 15) is 23.1 Å². The summed E-state index contributed by atoms with van der Waals surface area (Å²) in [5.41, 5.74) is -0.467. The Labute approximate surface area is 151 Å². The molecule has 0 spiro atoms. The van der Waals surface area contributed by atoms with E-state index < -0.39 is 29.3 Å². The standard InChI is InChI=1S/C19H25F3N2O2/c20-19(21,22)14-6-4-5-13(9-14)18(7-2-1-3-8-18)12-24-17(26)16-10-15(25)11-23-16/h4-6,9,15-16,23,25H,1-3,7-8,10-12H2,(H,24,26). The molecule has 26 heavy (non-hydrogen) atoms. The predicted octanol–water partition coefficient (Wildman–Crippen LogP) is 2.75. The van der Waals surface area contributed by atoms with Crippen LogP contribution >= 0.6 is 0 Å². The van der Waals surface area contributed by atoms with Crippen molar-refractivity contribution in [1.29, 1.82) is 0 Å². The molecule has 0 bridgehead atoms. The molecule has 0 radical (unpaired) electrons. The fourth-order valence-electron chi connectivity index (χ4n) is 4.12. The smallest absolute Gasteiger partial charge is 0.392 e. The van der Waals surface area contributed by atoms with Crippen LogP contribution in [0.2, 0.25) is 0 Å². The van der Waals surface area contributed by atoms with Crippen molar-refractivity contribution in [3.05, 3.63) is 35.4 Å². The van der Waals surface area contributed by atoms with E-state index in [1.165, 1.54) is 12.1 Å². The first-order valence-corrected chi connectivity index (χ1v) is 9.17. The minimum Gasteiger partial charge on any atom is -0.392 e. The first kappa shape index (κ1) is 19.2. The summed E-state index contributed by atoms with van der Waals surface area (Å²) in [4.78, 5) is 12.4. The van der Waals surface area contributed by atoms with Crippen LogP contribution in [-0.4, -0.2) is 36.2 Å². The molecule has 4 nitrogen and oxygen atoms in total. The monoisotopic (exact) mass is 370 g/mol. The Bertz CT molecular complexity index is 642. The molecule has 2 unspecified atom stereocenters. The van der Waals surface area contributed by atoms with Crippen LogP contribution < -0.4 is 10.6 Å². The van der Waals surface area contributed by atoms with Gasteiger partial charge in [0.1, 0.15) is 0 Å². The van der Waals surface area contributed by atoms with Gasteiger partial charge in [-0.05, 0) is 30.9 Å². The summed E-state index contributed by atoms with van der Waals surface area (Å²) in [6.07, 6.45) is -0.0892. The normalized spacial score (nSPS) is 25.8. The number of aliphatic hydroxyl groups is 1. The third kappa shape index (κ3) is 4.20. The number of β-amino-alcohol motifs (C(OH)–C–C–N with tert-alkyl or cyclic N) is 1. The van der Waals surface area contributed by atoms with E-state index in [1.54, 1.807) is 6.07 Å². The van der Waals surface area contributed by atoms with E-state index in [-0.39, 0.29) is 5.91 Å². The molecule has 7 heteroatoms. The third-order valence-electron chi connectivity index (χ3n) is 5.64. The number of nitrogens with one attached hydrogen (secondary N) is 2. The molecule has 3 rings (SSSR count). The average molecular weight is 370 g/mol. The van der Waals surface area contributed by atoms with E-state index in [1.807, 2.05) is 0 Å². The van der Waals surface area contributed by atoms with Crippen molar-refractivity contribution in [2.45, 2.75) is 62.3 Å². The lowest BCUT2D eigenvalue weighted by Gasteiger charge is -2.38. The number of hydrogen-bond donors (Lipinski definition) is 3. The summed E-state index contributed by atoms with van der Waals surface area (Å²) in [7, 11) is 0. The highest BCUT2D eigenvalue weighted by molar-refractivity contribution is 5.82. The van der Waals surface area contributed by atoms with Gasteiger partial charge in [0, 0.05) is 18.5 Å². The summed E-state index contributed by atoms with van der Waals surface area (Å²) in [6.45, 7) is 0.707. The Morgan fingerprint density at radius 2 is 2.00 bits per heavy atom. The fraction of sp³-hybridized carbons (Fsp3) is 0.632. The summed E-state index contributed by atoms with van der Waals surface area (Å²) >= 11 is 0. The Morgan fingerprint density at radius 3 is 2.62 bits per heavy atom. The highest BCUT2D eigenvalue weighted by atomic mass is 19.4. The highest BCUT2D eigenvalue weighted by Crippen LogP contribution is 2.41.